The van der Waals surface area contributed by atoms with Gasteiger partial charge in [-0.3, -0.25) is 0 Å². The molecule has 0 N–H and O–H groups in total. The fourth-order valence-electron chi connectivity index (χ4n) is 2.96. The molecule has 1 heterocycles. The van der Waals surface area contributed by atoms with Crippen LogP contribution in [0.25, 0.3) is 0 Å². The third-order valence-electron chi connectivity index (χ3n) is 3.84. The van der Waals surface area contributed by atoms with E-state index in [1.165, 1.54) is 29.0 Å². The molecule has 0 amide bonds. The van der Waals surface area contributed by atoms with Gasteiger partial charge in [-0.15, -0.1) is 0 Å². The van der Waals surface area contributed by atoms with Crippen molar-refractivity contribution in [2.24, 2.45) is 11.8 Å². The van der Waals surface area contributed by atoms with E-state index in [9.17, 15) is 0 Å². The van der Waals surface area contributed by atoms with Crippen molar-refractivity contribution >= 4 is 19.4 Å². The Morgan fingerprint density at radius 2 is 2.06 bits per heavy atom. The van der Waals surface area contributed by atoms with Crippen molar-refractivity contribution in [3.63, 3.8) is 0 Å². The van der Waals surface area contributed by atoms with Crippen LogP contribution in [0.1, 0.15) is 19.3 Å². The van der Waals surface area contributed by atoms with Gasteiger partial charge in [0.15, 0.2) is 0 Å². The molecule has 1 aliphatic heterocycles. The molecule has 1 aromatic carbocycles. The topological polar surface area (TPSA) is 9.23 Å². The van der Waals surface area contributed by atoms with Crippen LogP contribution in [0.15, 0.2) is 30.3 Å². The first kappa shape index (κ1) is 10.8. The van der Waals surface area contributed by atoms with E-state index < -0.39 is 0 Å². The zero-order chi connectivity index (χ0) is 10.8. The molecule has 1 nitrogen and oxygen atoms in total. The predicted octanol–water partition coefficient (Wildman–Crippen LogP) is 2.25. The van der Waals surface area contributed by atoms with Crippen LogP contribution in [-0.2, 0) is 4.74 Å². The second-order valence-corrected chi connectivity index (χ2v) is 7.14. The van der Waals surface area contributed by atoms with Crippen LogP contribution in [0.5, 0.6) is 0 Å². The monoisotopic (exact) mass is 282 g/mol. The minimum atomic E-state index is 0.622. The molecule has 2 aliphatic rings. The number of rotatable bonds is 3. The molecule has 1 saturated carbocycles. The second kappa shape index (κ2) is 4.91. The van der Waals surface area contributed by atoms with Gasteiger partial charge in [0.05, 0.1) is 0 Å². The summed E-state index contributed by atoms with van der Waals surface area (Å²) in [6.07, 6.45) is 4.75. The third-order valence-corrected chi connectivity index (χ3v) is 6.36. The molecule has 1 aromatic rings. The van der Waals surface area contributed by atoms with E-state index in [4.69, 9.17) is 4.74 Å². The fraction of sp³-hybridized carbons (Fsp3) is 0.571. The van der Waals surface area contributed by atoms with Crippen LogP contribution in [0.4, 0.5) is 0 Å². The van der Waals surface area contributed by atoms with E-state index >= 15 is 0 Å². The van der Waals surface area contributed by atoms with E-state index in [0.717, 1.165) is 18.4 Å². The summed E-state index contributed by atoms with van der Waals surface area (Å²) < 4.78 is 7.43. The van der Waals surface area contributed by atoms with Gasteiger partial charge in [-0.1, -0.05) is 0 Å². The quantitative estimate of drug-likeness (QED) is 0.772. The Kier molecular flexibility index (Phi) is 3.32. The van der Waals surface area contributed by atoms with E-state index in [-0.39, 0.29) is 0 Å². The van der Waals surface area contributed by atoms with E-state index in [2.05, 4.69) is 30.3 Å². The van der Waals surface area contributed by atoms with Crippen LogP contribution >= 0.6 is 0 Å². The summed E-state index contributed by atoms with van der Waals surface area (Å²) in [4.78, 5) is 0. The van der Waals surface area contributed by atoms with Crippen LogP contribution in [-0.4, -0.2) is 27.7 Å². The minimum absolute atomic E-state index is 0.622. The molecule has 2 fully saturated rings. The summed E-state index contributed by atoms with van der Waals surface area (Å²) in [7, 11) is 0. The maximum absolute atomic E-state index is 5.89. The van der Waals surface area contributed by atoms with Gasteiger partial charge < -0.3 is 0 Å². The Morgan fingerprint density at radius 1 is 1.19 bits per heavy atom. The normalized spacial score (nSPS) is 32.9. The van der Waals surface area contributed by atoms with Gasteiger partial charge in [0.25, 0.3) is 0 Å². The van der Waals surface area contributed by atoms with E-state index in [1.54, 1.807) is 0 Å². The number of benzene rings is 1. The van der Waals surface area contributed by atoms with Gasteiger partial charge in [-0.2, -0.15) is 0 Å². The van der Waals surface area contributed by atoms with E-state index in [0.29, 0.717) is 21.1 Å². The van der Waals surface area contributed by atoms with Gasteiger partial charge in [-0.25, -0.2) is 0 Å². The molecule has 0 radical (unpaired) electrons. The Labute approximate surface area is 104 Å². The van der Waals surface area contributed by atoms with Crippen molar-refractivity contribution in [2.75, 3.05) is 6.61 Å². The molecule has 1 saturated heterocycles. The standard InChI is InChI=1S/C14H18OSe/c1-2-5-12(6-3-1)16-10-11-9-15-14-8-4-7-13(11)14/h1-3,5-6,11,13-14H,4,7-10H2/t11-,13+,14+/m1/s1. The Balaban J connectivity index is 1.56. The molecule has 0 bridgehead atoms. The van der Waals surface area contributed by atoms with Crippen LogP contribution in [0.3, 0.4) is 0 Å². The fourth-order valence-corrected chi connectivity index (χ4v) is 5.27. The van der Waals surface area contributed by atoms with Gasteiger partial charge >= 0.3 is 104 Å². The van der Waals surface area contributed by atoms with Crippen LogP contribution in [0, 0.1) is 11.8 Å². The van der Waals surface area contributed by atoms with Crippen LogP contribution in [0.2, 0.25) is 5.32 Å². The Bertz CT molecular complexity index is 338. The molecule has 0 spiro atoms. The average molecular weight is 281 g/mol. The molecule has 1 aliphatic carbocycles. The molecule has 86 valence electrons. The second-order valence-electron chi connectivity index (χ2n) is 4.85. The predicted molar refractivity (Wildman–Crippen MR) is 67.2 cm³/mol. The van der Waals surface area contributed by atoms with Crippen molar-refractivity contribution in [3.8, 4) is 0 Å². The van der Waals surface area contributed by atoms with Crippen molar-refractivity contribution in [1.82, 2.24) is 0 Å². The number of fused-ring (bicyclic) bond motifs is 1. The molecule has 3 rings (SSSR count). The SMILES string of the molecule is c1ccc([Se]C[C@H]2CO[C@H]3CCC[C@@H]23)cc1. The molecule has 16 heavy (non-hydrogen) atoms. The summed E-state index contributed by atoms with van der Waals surface area (Å²) in [5.41, 5.74) is 0. The maximum atomic E-state index is 5.89. The Morgan fingerprint density at radius 3 is 2.94 bits per heavy atom. The number of hydrogen-bond donors (Lipinski definition) is 0. The first-order valence-corrected chi connectivity index (χ1v) is 8.30. The van der Waals surface area contributed by atoms with Gasteiger partial charge in [0.2, 0.25) is 0 Å². The van der Waals surface area contributed by atoms with Crippen molar-refractivity contribution < 1.29 is 4.74 Å². The molecule has 3 atom stereocenters. The van der Waals surface area contributed by atoms with Crippen molar-refractivity contribution in [1.29, 1.82) is 0 Å². The summed E-state index contributed by atoms with van der Waals surface area (Å²) >= 11 is 0.646. The van der Waals surface area contributed by atoms with Crippen molar-refractivity contribution in [3.05, 3.63) is 30.3 Å². The molecule has 2 heteroatoms. The molecule has 0 unspecified atom stereocenters. The number of ether oxygens (including phenoxy) is 1. The molecule has 0 aromatic heterocycles. The average Bonchev–Trinajstić information content (AvgIpc) is 2.90. The van der Waals surface area contributed by atoms with Crippen molar-refractivity contribution in [2.45, 2.75) is 30.7 Å². The van der Waals surface area contributed by atoms with Gasteiger partial charge in [0, 0.05) is 0 Å². The summed E-state index contributed by atoms with van der Waals surface area (Å²) in [6, 6.07) is 10.9. The summed E-state index contributed by atoms with van der Waals surface area (Å²) in [5.74, 6) is 1.75. The first-order valence-electron chi connectivity index (χ1n) is 6.23. The molecular formula is C14H18OSe. The number of hydrogen-bond acceptors (Lipinski definition) is 1. The van der Waals surface area contributed by atoms with Gasteiger partial charge in [0.1, 0.15) is 0 Å². The van der Waals surface area contributed by atoms with Gasteiger partial charge in [-0.05, 0) is 0 Å². The van der Waals surface area contributed by atoms with Crippen LogP contribution < -0.4 is 4.46 Å². The molecular weight excluding hydrogens is 263 g/mol. The zero-order valence-electron chi connectivity index (χ0n) is 9.47. The summed E-state index contributed by atoms with van der Waals surface area (Å²) in [6.45, 7) is 1.03. The zero-order valence-corrected chi connectivity index (χ0v) is 11.2. The first-order chi connectivity index (χ1) is 7.93. The summed E-state index contributed by atoms with van der Waals surface area (Å²) in [5, 5.41) is 1.37. The third kappa shape index (κ3) is 2.20. The Hall–Kier alpha value is -0.301. The van der Waals surface area contributed by atoms with E-state index in [1.807, 2.05) is 0 Å².